The molecule has 5 aromatic carbocycles. The van der Waals surface area contributed by atoms with Gasteiger partial charge in [0.15, 0.2) is 0 Å². The minimum atomic E-state index is 0.141. The lowest BCUT2D eigenvalue weighted by molar-refractivity contribution is 0.590. The molecular weight excluding hydrogens is 456 g/mol. The lowest BCUT2D eigenvalue weighted by atomic mass is 9.81. The van der Waals surface area contributed by atoms with Gasteiger partial charge in [0.05, 0.1) is 0 Å². The van der Waals surface area contributed by atoms with E-state index in [9.17, 15) is 0 Å². The highest BCUT2D eigenvalue weighted by atomic mass is 14.2. The number of hydrogen-bond donors (Lipinski definition) is 0. The minimum absolute atomic E-state index is 0.141. The summed E-state index contributed by atoms with van der Waals surface area (Å²) in [6.07, 6.45) is 2.85. The van der Waals surface area contributed by atoms with E-state index in [0.29, 0.717) is 0 Å². The van der Waals surface area contributed by atoms with E-state index in [2.05, 4.69) is 142 Å². The average Bonchev–Trinajstić information content (AvgIpc) is 2.89. The Labute approximate surface area is 228 Å². The Bertz CT molecular complexity index is 1470. The molecular formula is C38H36. The van der Waals surface area contributed by atoms with Crippen molar-refractivity contribution >= 4 is 0 Å². The molecule has 1 aliphatic carbocycles. The summed E-state index contributed by atoms with van der Waals surface area (Å²) in [6, 6.07) is 46.1. The Hall–Kier alpha value is -3.90. The maximum Gasteiger partial charge on any atom is 0.0340 e. The molecule has 0 heteroatoms. The lowest BCUT2D eigenvalue weighted by Crippen LogP contribution is -2.11. The van der Waals surface area contributed by atoms with Crippen LogP contribution in [0.2, 0.25) is 0 Å². The first-order chi connectivity index (χ1) is 18.4. The molecule has 0 fully saturated rings. The van der Waals surface area contributed by atoms with Crippen LogP contribution in [0.3, 0.4) is 0 Å². The summed E-state index contributed by atoms with van der Waals surface area (Å²) in [7, 11) is 0. The first kappa shape index (κ1) is 24.4. The van der Waals surface area contributed by atoms with Crippen molar-refractivity contribution in [2.45, 2.75) is 51.4 Å². The molecule has 0 aliphatic heterocycles. The number of rotatable bonds is 1. The van der Waals surface area contributed by atoms with Crippen LogP contribution in [-0.4, -0.2) is 0 Å². The average molecular weight is 493 g/mol. The van der Waals surface area contributed by atoms with Gasteiger partial charge in [0.2, 0.25) is 0 Å². The molecule has 0 aromatic heterocycles. The van der Waals surface area contributed by atoms with Gasteiger partial charge in [0.25, 0.3) is 0 Å². The van der Waals surface area contributed by atoms with Crippen molar-refractivity contribution in [1.82, 2.24) is 0 Å². The highest BCUT2D eigenvalue weighted by Gasteiger charge is 2.20. The van der Waals surface area contributed by atoms with E-state index in [0.717, 1.165) is 19.3 Å². The van der Waals surface area contributed by atoms with Gasteiger partial charge in [-0.25, -0.2) is 0 Å². The fourth-order valence-electron chi connectivity index (χ4n) is 5.92. The fourth-order valence-corrected chi connectivity index (χ4v) is 5.92. The van der Waals surface area contributed by atoms with Crippen molar-refractivity contribution in [2.24, 2.45) is 0 Å². The van der Waals surface area contributed by atoms with E-state index in [1.165, 1.54) is 55.6 Å². The SMILES string of the molecule is CC(C)(C)c1ccc(C2c3cccc(c3)Cc3cccc(c3)Cc3cccc(c3)Cc3cccc2c3)cc1. The van der Waals surface area contributed by atoms with Crippen LogP contribution in [0.25, 0.3) is 0 Å². The van der Waals surface area contributed by atoms with Crippen molar-refractivity contribution in [3.05, 3.63) is 177 Å². The van der Waals surface area contributed by atoms with E-state index in [4.69, 9.17) is 0 Å². The summed E-state index contributed by atoms with van der Waals surface area (Å²) >= 11 is 0. The molecule has 5 aromatic rings. The molecule has 38 heavy (non-hydrogen) atoms. The molecule has 0 nitrogen and oxygen atoms in total. The van der Waals surface area contributed by atoms with Crippen molar-refractivity contribution in [3.8, 4) is 0 Å². The van der Waals surface area contributed by atoms with Gasteiger partial charge < -0.3 is 0 Å². The third-order valence-electron chi connectivity index (χ3n) is 7.89. The van der Waals surface area contributed by atoms with Crippen molar-refractivity contribution in [2.75, 3.05) is 0 Å². The predicted octanol–water partition coefficient (Wildman–Crippen LogP) is 9.25. The van der Waals surface area contributed by atoms with Crippen LogP contribution in [-0.2, 0) is 24.7 Å². The summed E-state index contributed by atoms with van der Waals surface area (Å²) in [4.78, 5) is 0. The molecule has 0 radical (unpaired) electrons. The number of fused-ring (bicyclic) bond motifs is 8. The van der Waals surface area contributed by atoms with E-state index < -0.39 is 0 Å². The van der Waals surface area contributed by atoms with Crippen LogP contribution in [0.15, 0.2) is 121 Å². The molecule has 0 unspecified atom stereocenters. The molecule has 1 aliphatic rings. The molecule has 0 atom stereocenters. The number of hydrogen-bond acceptors (Lipinski definition) is 0. The maximum absolute atomic E-state index is 2.43. The van der Waals surface area contributed by atoms with Gasteiger partial charge in [-0.05, 0) is 80.3 Å². The zero-order valence-electron chi connectivity index (χ0n) is 22.7. The van der Waals surface area contributed by atoms with E-state index in [-0.39, 0.29) is 11.3 Å². The van der Waals surface area contributed by atoms with Crippen molar-refractivity contribution in [1.29, 1.82) is 0 Å². The highest BCUT2D eigenvalue weighted by Crippen LogP contribution is 2.35. The molecule has 0 amide bonds. The van der Waals surface area contributed by atoms with Gasteiger partial charge in [-0.1, -0.05) is 142 Å². The number of benzene rings is 5. The first-order valence-electron chi connectivity index (χ1n) is 13.8. The van der Waals surface area contributed by atoms with Crippen LogP contribution in [0.5, 0.6) is 0 Å². The second kappa shape index (κ2) is 10.1. The fraction of sp³-hybridized carbons (Fsp3) is 0.211. The molecule has 0 saturated carbocycles. The third-order valence-corrected chi connectivity index (χ3v) is 7.89. The molecule has 188 valence electrons. The van der Waals surface area contributed by atoms with Gasteiger partial charge >= 0.3 is 0 Å². The van der Waals surface area contributed by atoms with Crippen LogP contribution in [0, 0.1) is 0 Å². The summed E-state index contributed by atoms with van der Waals surface area (Å²) in [5.41, 5.74) is 13.8. The first-order valence-corrected chi connectivity index (χ1v) is 13.8. The molecule has 0 spiro atoms. The summed E-state index contributed by atoms with van der Waals surface area (Å²) < 4.78 is 0. The van der Waals surface area contributed by atoms with Crippen molar-refractivity contribution in [3.63, 3.8) is 0 Å². The van der Waals surface area contributed by atoms with Gasteiger partial charge in [-0.2, -0.15) is 0 Å². The smallest absolute Gasteiger partial charge is 0.0340 e. The summed E-state index contributed by atoms with van der Waals surface area (Å²) in [6.45, 7) is 6.85. The highest BCUT2D eigenvalue weighted by molar-refractivity contribution is 5.47. The maximum atomic E-state index is 2.43. The van der Waals surface area contributed by atoms with Gasteiger partial charge in [0, 0.05) is 5.92 Å². The summed E-state index contributed by atoms with van der Waals surface area (Å²) in [5, 5.41) is 0. The molecule has 8 bridgehead atoms. The second-order valence-electron chi connectivity index (χ2n) is 12.0. The molecule has 0 heterocycles. The Balaban J connectivity index is 1.51. The monoisotopic (exact) mass is 492 g/mol. The van der Waals surface area contributed by atoms with Crippen LogP contribution in [0.4, 0.5) is 0 Å². The topological polar surface area (TPSA) is 0 Å². The van der Waals surface area contributed by atoms with Gasteiger partial charge in [-0.3, -0.25) is 0 Å². The quantitative estimate of drug-likeness (QED) is 0.214. The zero-order chi connectivity index (χ0) is 26.1. The van der Waals surface area contributed by atoms with Crippen LogP contribution < -0.4 is 0 Å². The van der Waals surface area contributed by atoms with Gasteiger partial charge in [-0.15, -0.1) is 0 Å². The minimum Gasteiger partial charge on any atom is -0.0617 e. The normalized spacial score (nSPS) is 13.8. The largest absolute Gasteiger partial charge is 0.0617 e. The Morgan fingerprint density at radius 1 is 0.421 bits per heavy atom. The lowest BCUT2D eigenvalue weighted by Gasteiger charge is -2.23. The zero-order valence-corrected chi connectivity index (χ0v) is 22.7. The van der Waals surface area contributed by atoms with Crippen LogP contribution >= 0.6 is 0 Å². The Kier molecular flexibility index (Phi) is 6.50. The molecule has 6 rings (SSSR count). The van der Waals surface area contributed by atoms with Gasteiger partial charge in [0.1, 0.15) is 0 Å². The third kappa shape index (κ3) is 5.36. The van der Waals surface area contributed by atoms with Crippen LogP contribution in [0.1, 0.15) is 82.3 Å². The van der Waals surface area contributed by atoms with Crippen molar-refractivity contribution < 1.29 is 0 Å². The standard InChI is InChI=1S/C38H36/c1-38(2,3)36-18-16-33(17-19-36)37-34-14-6-12-31(25-34)23-29-10-4-8-27(21-29)20-28-9-5-11-30(22-28)24-32-13-7-15-35(37)26-32/h4-19,21-22,25-26,37H,20,23-24H2,1-3H3. The predicted molar refractivity (Wildman–Crippen MR) is 160 cm³/mol. The van der Waals surface area contributed by atoms with E-state index in [1.807, 2.05) is 0 Å². The van der Waals surface area contributed by atoms with E-state index in [1.54, 1.807) is 0 Å². The Morgan fingerprint density at radius 2 is 0.789 bits per heavy atom. The molecule has 0 N–H and O–H groups in total. The Morgan fingerprint density at radius 3 is 1.18 bits per heavy atom. The summed E-state index contributed by atoms with van der Waals surface area (Å²) in [5.74, 6) is 0.189. The molecule has 0 saturated heterocycles. The second-order valence-corrected chi connectivity index (χ2v) is 12.0. The van der Waals surface area contributed by atoms with E-state index >= 15 is 0 Å².